The molecular weight excluding hydrogens is 318 g/mol. The maximum absolute atomic E-state index is 11.7. The second-order valence-electron chi connectivity index (χ2n) is 4.61. The minimum Gasteiger partial charge on any atom is -0.461 e. The molecule has 0 radical (unpaired) electrons. The van der Waals surface area contributed by atoms with Gasteiger partial charge >= 0.3 is 12.1 Å². The molecule has 0 aromatic carbocycles. The number of hydrogen-bond donors (Lipinski definition) is 2. The van der Waals surface area contributed by atoms with E-state index < -0.39 is 17.7 Å². The van der Waals surface area contributed by atoms with Crippen molar-refractivity contribution in [2.24, 2.45) is 0 Å². The van der Waals surface area contributed by atoms with Gasteiger partial charge in [-0.2, -0.15) is 5.10 Å². The first kappa shape index (κ1) is 15.5. The van der Waals surface area contributed by atoms with E-state index in [0.717, 1.165) is 0 Å². The molecule has 1 amide bonds. The number of H-pyrrole nitrogens is 1. The van der Waals surface area contributed by atoms with Gasteiger partial charge in [-0.15, -0.1) is 0 Å². The molecule has 0 aliphatic carbocycles. The van der Waals surface area contributed by atoms with Crippen LogP contribution >= 0.6 is 15.9 Å². The lowest BCUT2D eigenvalue weighted by molar-refractivity contribution is 0.0520. The molecule has 0 bridgehead atoms. The summed E-state index contributed by atoms with van der Waals surface area (Å²) in [5.74, 6) is -0.629. The highest BCUT2D eigenvalue weighted by Gasteiger charge is 2.24. The number of aromatic amines is 1. The summed E-state index contributed by atoms with van der Waals surface area (Å²) in [6.07, 6.45) is -0.680. The van der Waals surface area contributed by atoms with Crippen molar-refractivity contribution in [2.45, 2.75) is 33.3 Å². The molecule has 1 heterocycles. The number of aromatic nitrogens is 2. The van der Waals surface area contributed by atoms with Crippen LogP contribution in [0, 0.1) is 0 Å². The van der Waals surface area contributed by atoms with Crippen molar-refractivity contribution in [3.05, 3.63) is 10.3 Å². The van der Waals surface area contributed by atoms with Crippen molar-refractivity contribution in [3.8, 4) is 0 Å². The van der Waals surface area contributed by atoms with Crippen LogP contribution in [0.3, 0.4) is 0 Å². The van der Waals surface area contributed by atoms with Gasteiger partial charge in [0.15, 0.2) is 5.69 Å². The van der Waals surface area contributed by atoms with Gasteiger partial charge in [-0.25, -0.2) is 9.59 Å². The summed E-state index contributed by atoms with van der Waals surface area (Å²) in [6, 6.07) is 0. The number of anilines is 1. The highest BCUT2D eigenvalue weighted by Crippen LogP contribution is 2.25. The van der Waals surface area contributed by atoms with E-state index in [0.29, 0.717) is 4.60 Å². The van der Waals surface area contributed by atoms with Crippen LogP contribution in [0.15, 0.2) is 4.60 Å². The summed E-state index contributed by atoms with van der Waals surface area (Å²) in [7, 11) is 0. The average Bonchev–Trinajstić information content (AvgIpc) is 2.58. The van der Waals surface area contributed by atoms with E-state index >= 15 is 0 Å². The van der Waals surface area contributed by atoms with Crippen molar-refractivity contribution in [2.75, 3.05) is 11.9 Å². The number of halogens is 1. The van der Waals surface area contributed by atoms with Crippen LogP contribution in [-0.2, 0) is 9.47 Å². The fraction of sp³-hybridized carbons (Fsp3) is 0.545. The molecule has 1 aromatic rings. The van der Waals surface area contributed by atoms with Gasteiger partial charge in [-0.05, 0) is 43.6 Å². The molecule has 0 unspecified atom stereocenters. The maximum Gasteiger partial charge on any atom is 0.412 e. The zero-order valence-electron chi connectivity index (χ0n) is 11.2. The first-order valence-electron chi connectivity index (χ1n) is 5.65. The van der Waals surface area contributed by atoms with Crippen LogP contribution in [-0.4, -0.2) is 34.5 Å². The van der Waals surface area contributed by atoms with E-state index in [9.17, 15) is 9.59 Å². The van der Waals surface area contributed by atoms with Crippen molar-refractivity contribution in [3.63, 3.8) is 0 Å². The second-order valence-corrected chi connectivity index (χ2v) is 5.40. The van der Waals surface area contributed by atoms with Gasteiger partial charge in [0.05, 0.1) is 6.61 Å². The number of carbonyl (C=O) groups excluding carboxylic acids is 2. The molecule has 0 aliphatic heterocycles. The number of rotatable bonds is 3. The van der Waals surface area contributed by atoms with Crippen LogP contribution in [0.25, 0.3) is 0 Å². The molecule has 0 spiro atoms. The number of hydrogen-bond acceptors (Lipinski definition) is 5. The van der Waals surface area contributed by atoms with Gasteiger partial charge < -0.3 is 9.47 Å². The summed E-state index contributed by atoms with van der Waals surface area (Å²) < 4.78 is 10.3. The number of esters is 1. The molecule has 1 rings (SSSR count). The van der Waals surface area contributed by atoms with Crippen molar-refractivity contribution >= 4 is 33.7 Å². The first-order valence-corrected chi connectivity index (χ1v) is 6.45. The van der Waals surface area contributed by atoms with Crippen molar-refractivity contribution in [1.82, 2.24) is 10.2 Å². The van der Waals surface area contributed by atoms with Crippen molar-refractivity contribution in [1.29, 1.82) is 0 Å². The number of nitrogens with one attached hydrogen (secondary N) is 2. The molecule has 2 N–H and O–H groups in total. The molecule has 1 aromatic heterocycles. The van der Waals surface area contributed by atoms with Crippen LogP contribution in [0.4, 0.5) is 10.5 Å². The van der Waals surface area contributed by atoms with Gasteiger partial charge in [0.2, 0.25) is 0 Å². The third-order valence-corrected chi connectivity index (χ3v) is 2.39. The Balaban J connectivity index is 2.86. The van der Waals surface area contributed by atoms with Crippen LogP contribution in [0.1, 0.15) is 38.2 Å². The van der Waals surface area contributed by atoms with E-state index in [1.807, 2.05) is 0 Å². The minimum absolute atomic E-state index is 0.0143. The first-order chi connectivity index (χ1) is 8.74. The minimum atomic E-state index is -0.680. The lowest BCUT2D eigenvalue weighted by Crippen LogP contribution is -2.27. The lowest BCUT2D eigenvalue weighted by Gasteiger charge is -2.19. The molecular formula is C11H16BrN3O4. The van der Waals surface area contributed by atoms with Crippen LogP contribution in [0.2, 0.25) is 0 Å². The summed E-state index contributed by atoms with van der Waals surface area (Å²) in [6.45, 7) is 7.12. The number of ether oxygens (including phenoxy) is 2. The molecule has 8 heteroatoms. The molecule has 0 fully saturated rings. The summed E-state index contributed by atoms with van der Waals surface area (Å²) in [5, 5.41) is 8.76. The molecule has 0 saturated heterocycles. The summed E-state index contributed by atoms with van der Waals surface area (Å²) in [5.41, 5.74) is -0.461. The Kier molecular flexibility index (Phi) is 4.93. The topological polar surface area (TPSA) is 93.3 Å². The molecule has 0 saturated carbocycles. The lowest BCUT2D eigenvalue weighted by atomic mass is 10.2. The van der Waals surface area contributed by atoms with Gasteiger partial charge in [-0.3, -0.25) is 10.4 Å². The van der Waals surface area contributed by atoms with Gasteiger partial charge in [0, 0.05) is 0 Å². The Morgan fingerprint density at radius 1 is 1.42 bits per heavy atom. The zero-order chi connectivity index (χ0) is 14.6. The molecule has 106 valence electrons. The normalized spacial score (nSPS) is 11.0. The van der Waals surface area contributed by atoms with Crippen molar-refractivity contribution < 1.29 is 19.1 Å². The Labute approximate surface area is 119 Å². The van der Waals surface area contributed by atoms with Crippen LogP contribution in [0.5, 0.6) is 0 Å². The fourth-order valence-corrected chi connectivity index (χ4v) is 1.56. The van der Waals surface area contributed by atoms with E-state index in [1.165, 1.54) is 0 Å². The van der Waals surface area contributed by atoms with E-state index in [2.05, 4.69) is 31.4 Å². The second kappa shape index (κ2) is 6.05. The van der Waals surface area contributed by atoms with E-state index in [4.69, 9.17) is 9.47 Å². The SMILES string of the molecule is CCOC(=O)c1n[nH]c(Br)c1NC(=O)OC(C)(C)C. The van der Waals surface area contributed by atoms with Gasteiger partial charge in [0.1, 0.15) is 15.9 Å². The smallest absolute Gasteiger partial charge is 0.412 e. The average molecular weight is 334 g/mol. The molecule has 0 aliphatic rings. The highest BCUT2D eigenvalue weighted by molar-refractivity contribution is 9.10. The predicted octanol–water partition coefficient (Wildman–Crippen LogP) is 2.70. The molecule has 19 heavy (non-hydrogen) atoms. The largest absolute Gasteiger partial charge is 0.461 e. The van der Waals surface area contributed by atoms with E-state index in [-0.39, 0.29) is 18.0 Å². The monoisotopic (exact) mass is 333 g/mol. The maximum atomic E-state index is 11.7. The predicted molar refractivity (Wildman–Crippen MR) is 72.1 cm³/mol. The number of carbonyl (C=O) groups is 2. The highest BCUT2D eigenvalue weighted by atomic mass is 79.9. The fourth-order valence-electron chi connectivity index (χ4n) is 1.19. The summed E-state index contributed by atoms with van der Waals surface area (Å²) >= 11 is 3.15. The number of amides is 1. The third-order valence-electron chi connectivity index (χ3n) is 1.82. The Morgan fingerprint density at radius 2 is 2.05 bits per heavy atom. The standard InChI is InChI=1S/C11H16BrN3O4/c1-5-18-9(16)7-6(8(12)15-14-7)13-10(17)19-11(2,3)4/h5H2,1-4H3,(H,13,17)(H,14,15). The van der Waals surface area contributed by atoms with E-state index in [1.54, 1.807) is 27.7 Å². The zero-order valence-corrected chi connectivity index (χ0v) is 12.8. The van der Waals surface area contributed by atoms with Gasteiger partial charge in [-0.1, -0.05) is 0 Å². The quantitative estimate of drug-likeness (QED) is 0.829. The summed E-state index contributed by atoms with van der Waals surface area (Å²) in [4.78, 5) is 23.3. The Bertz CT molecular complexity index is 479. The number of nitrogens with zero attached hydrogens (tertiary/aromatic N) is 1. The Morgan fingerprint density at radius 3 is 2.58 bits per heavy atom. The third kappa shape index (κ3) is 4.55. The Hall–Kier alpha value is -1.57. The molecule has 0 atom stereocenters. The molecule has 7 nitrogen and oxygen atoms in total. The van der Waals surface area contributed by atoms with Crippen LogP contribution < -0.4 is 5.32 Å². The van der Waals surface area contributed by atoms with Gasteiger partial charge in [0.25, 0.3) is 0 Å².